The van der Waals surface area contributed by atoms with Gasteiger partial charge in [0.2, 0.25) is 0 Å². The Morgan fingerprint density at radius 3 is 2.67 bits per heavy atom. The van der Waals surface area contributed by atoms with Crippen molar-refractivity contribution in [3.05, 3.63) is 51.0 Å². The topological polar surface area (TPSA) is 66.1 Å². The van der Waals surface area contributed by atoms with Crippen LogP contribution >= 0.6 is 35.0 Å². The molecule has 0 unspecified atom stereocenters. The van der Waals surface area contributed by atoms with Crippen LogP contribution < -0.4 is 5.32 Å². The molecular weight excluding hydrogens is 331 g/mol. The van der Waals surface area contributed by atoms with Crippen molar-refractivity contribution in [2.75, 3.05) is 0 Å². The lowest BCUT2D eigenvalue weighted by Gasteiger charge is -1.99. The maximum atomic E-state index is 11.5. The number of halogens is 2. The van der Waals surface area contributed by atoms with E-state index in [1.54, 1.807) is 36.4 Å². The number of amidine groups is 1. The van der Waals surface area contributed by atoms with E-state index in [1.807, 2.05) is 0 Å². The lowest BCUT2D eigenvalue weighted by Crippen LogP contribution is -2.18. The second-order valence-electron chi connectivity index (χ2n) is 4.22. The molecule has 4 nitrogen and oxygen atoms in total. The third-order valence-corrected chi connectivity index (χ3v) is 4.34. The fraction of sp³-hybridized carbons (Fsp3) is 0. The molecule has 0 bridgehead atoms. The smallest absolute Gasteiger partial charge is 0.264 e. The lowest BCUT2D eigenvalue weighted by molar-refractivity contribution is -0.115. The highest BCUT2D eigenvalue weighted by Gasteiger charge is 2.22. The molecule has 1 aliphatic heterocycles. The molecule has 3 rings (SSSR count). The summed E-state index contributed by atoms with van der Waals surface area (Å²) in [6.07, 6.45) is 1.60. The highest BCUT2D eigenvalue weighted by atomic mass is 35.5. The van der Waals surface area contributed by atoms with E-state index in [-0.39, 0.29) is 11.1 Å². The first-order chi connectivity index (χ1) is 10.0. The fourth-order valence-corrected chi connectivity index (χ4v) is 2.79. The summed E-state index contributed by atoms with van der Waals surface area (Å²) in [7, 11) is 0. The predicted octanol–water partition coefficient (Wildman–Crippen LogP) is 4.39. The minimum Gasteiger partial charge on any atom is -0.457 e. The largest absolute Gasteiger partial charge is 0.457 e. The molecule has 7 heteroatoms. The van der Waals surface area contributed by atoms with Crippen molar-refractivity contribution in [3.8, 4) is 11.3 Å². The number of nitrogens with one attached hydrogen (secondary N) is 2. The average molecular weight is 339 g/mol. The van der Waals surface area contributed by atoms with Crippen molar-refractivity contribution in [1.29, 1.82) is 5.41 Å². The van der Waals surface area contributed by atoms with Crippen LogP contribution in [0.15, 0.2) is 39.7 Å². The Balaban J connectivity index is 1.90. The number of amides is 1. The van der Waals surface area contributed by atoms with Crippen molar-refractivity contribution in [2.45, 2.75) is 0 Å². The molecule has 2 N–H and O–H groups in total. The van der Waals surface area contributed by atoms with E-state index >= 15 is 0 Å². The summed E-state index contributed by atoms with van der Waals surface area (Å²) >= 11 is 12.9. The molecule has 1 saturated heterocycles. The predicted molar refractivity (Wildman–Crippen MR) is 85.6 cm³/mol. The van der Waals surface area contributed by atoms with E-state index in [0.29, 0.717) is 26.5 Å². The van der Waals surface area contributed by atoms with Gasteiger partial charge in [0, 0.05) is 11.6 Å². The fourth-order valence-electron chi connectivity index (χ4n) is 1.81. The maximum Gasteiger partial charge on any atom is 0.264 e. The van der Waals surface area contributed by atoms with Crippen LogP contribution in [-0.4, -0.2) is 11.1 Å². The zero-order valence-electron chi connectivity index (χ0n) is 10.4. The first-order valence-corrected chi connectivity index (χ1v) is 7.45. The normalized spacial score (nSPS) is 16.6. The summed E-state index contributed by atoms with van der Waals surface area (Å²) in [5.41, 5.74) is 0.797. The molecule has 21 heavy (non-hydrogen) atoms. The van der Waals surface area contributed by atoms with Crippen molar-refractivity contribution in [1.82, 2.24) is 5.32 Å². The van der Waals surface area contributed by atoms with Gasteiger partial charge in [-0.2, -0.15) is 0 Å². The maximum absolute atomic E-state index is 11.5. The molecule has 2 aromatic rings. The van der Waals surface area contributed by atoms with Gasteiger partial charge in [-0.3, -0.25) is 10.2 Å². The number of carbonyl (C=O) groups is 1. The van der Waals surface area contributed by atoms with Gasteiger partial charge in [-0.25, -0.2) is 0 Å². The van der Waals surface area contributed by atoms with Crippen LogP contribution in [0.25, 0.3) is 17.4 Å². The number of furan rings is 1. The molecular formula is C14H8Cl2N2O2S. The van der Waals surface area contributed by atoms with Crippen LogP contribution in [0.2, 0.25) is 10.0 Å². The summed E-state index contributed by atoms with van der Waals surface area (Å²) in [5.74, 6) is 0.861. The number of hydrogen-bond acceptors (Lipinski definition) is 4. The zero-order valence-corrected chi connectivity index (χ0v) is 12.8. The Bertz CT molecular complexity index is 783. The zero-order chi connectivity index (χ0) is 15.0. The van der Waals surface area contributed by atoms with E-state index in [9.17, 15) is 4.79 Å². The van der Waals surface area contributed by atoms with Gasteiger partial charge < -0.3 is 9.73 Å². The van der Waals surface area contributed by atoms with E-state index in [0.717, 1.165) is 17.3 Å². The molecule has 1 fully saturated rings. The van der Waals surface area contributed by atoms with Crippen molar-refractivity contribution >= 4 is 52.1 Å². The molecule has 106 valence electrons. The van der Waals surface area contributed by atoms with Crippen LogP contribution in [0.3, 0.4) is 0 Å². The number of rotatable bonds is 2. The van der Waals surface area contributed by atoms with Gasteiger partial charge in [0.15, 0.2) is 5.17 Å². The van der Waals surface area contributed by atoms with Crippen molar-refractivity contribution < 1.29 is 9.21 Å². The number of hydrogen-bond donors (Lipinski definition) is 2. The molecule has 1 aliphatic rings. The second kappa shape index (κ2) is 5.60. The van der Waals surface area contributed by atoms with Gasteiger partial charge in [-0.15, -0.1) is 0 Å². The van der Waals surface area contributed by atoms with Crippen LogP contribution in [0, 0.1) is 5.41 Å². The lowest BCUT2D eigenvalue weighted by atomic mass is 10.2. The summed E-state index contributed by atoms with van der Waals surface area (Å²) in [4.78, 5) is 12.0. The standard InChI is InChI=1S/C14H8Cl2N2O2S/c15-9-3-1-7(5-10(9)16)11-4-2-8(20-11)6-12-13(19)18-14(17)21-12/h1-6H,(H2,17,18,19)/b12-6-. The highest BCUT2D eigenvalue weighted by molar-refractivity contribution is 8.18. The van der Waals surface area contributed by atoms with Gasteiger partial charge in [-0.1, -0.05) is 23.2 Å². The molecule has 0 atom stereocenters. The Kier molecular flexibility index (Phi) is 3.80. The van der Waals surface area contributed by atoms with Crippen LogP contribution in [0.1, 0.15) is 5.76 Å². The molecule has 0 saturated carbocycles. The number of thioether (sulfide) groups is 1. The summed E-state index contributed by atoms with van der Waals surface area (Å²) in [6, 6.07) is 8.75. The molecule has 0 spiro atoms. The summed E-state index contributed by atoms with van der Waals surface area (Å²) in [5, 5.41) is 10.8. The Hall–Kier alpha value is -1.69. The third-order valence-electron chi connectivity index (χ3n) is 2.77. The number of benzene rings is 1. The SMILES string of the molecule is N=C1NC(=O)/C(=C/c2ccc(-c3ccc(Cl)c(Cl)c3)o2)S1. The molecule has 1 aromatic heterocycles. The first-order valence-electron chi connectivity index (χ1n) is 5.87. The highest BCUT2D eigenvalue weighted by Crippen LogP contribution is 2.31. The average Bonchev–Trinajstić information content (AvgIpc) is 3.01. The van der Waals surface area contributed by atoms with Crippen molar-refractivity contribution in [3.63, 3.8) is 0 Å². The minimum atomic E-state index is -0.294. The van der Waals surface area contributed by atoms with Gasteiger partial charge in [0.05, 0.1) is 15.0 Å². The summed E-state index contributed by atoms with van der Waals surface area (Å²) in [6.45, 7) is 0. The Morgan fingerprint density at radius 2 is 2.00 bits per heavy atom. The minimum absolute atomic E-state index is 0.113. The first kappa shape index (κ1) is 14.3. The van der Waals surface area contributed by atoms with Gasteiger partial charge >= 0.3 is 0 Å². The van der Waals surface area contributed by atoms with Crippen LogP contribution in [-0.2, 0) is 4.79 Å². The van der Waals surface area contributed by atoms with Gasteiger partial charge in [0.25, 0.3) is 5.91 Å². The molecule has 0 aliphatic carbocycles. The second-order valence-corrected chi connectivity index (χ2v) is 6.09. The quantitative estimate of drug-likeness (QED) is 0.798. The molecule has 1 aromatic carbocycles. The van der Waals surface area contributed by atoms with Crippen LogP contribution in [0.4, 0.5) is 0 Å². The van der Waals surface area contributed by atoms with Gasteiger partial charge in [-0.05, 0) is 42.1 Å². The van der Waals surface area contributed by atoms with E-state index < -0.39 is 0 Å². The van der Waals surface area contributed by atoms with Gasteiger partial charge in [0.1, 0.15) is 11.5 Å². The van der Waals surface area contributed by atoms with E-state index in [4.69, 9.17) is 33.0 Å². The van der Waals surface area contributed by atoms with E-state index in [2.05, 4.69) is 5.32 Å². The Morgan fingerprint density at radius 1 is 1.19 bits per heavy atom. The number of carbonyl (C=O) groups excluding carboxylic acids is 1. The molecule has 2 heterocycles. The third kappa shape index (κ3) is 3.00. The molecule has 0 radical (unpaired) electrons. The summed E-state index contributed by atoms with van der Waals surface area (Å²) < 4.78 is 5.67. The van der Waals surface area contributed by atoms with E-state index in [1.165, 1.54) is 0 Å². The monoisotopic (exact) mass is 338 g/mol. The Labute approximate surface area is 134 Å². The molecule has 1 amide bonds. The van der Waals surface area contributed by atoms with Crippen molar-refractivity contribution in [2.24, 2.45) is 0 Å². The van der Waals surface area contributed by atoms with Crippen LogP contribution in [0.5, 0.6) is 0 Å².